The van der Waals surface area contributed by atoms with Crippen molar-refractivity contribution in [3.8, 4) is 6.07 Å². The Balaban J connectivity index is 2.78. The molecule has 2 atom stereocenters. The quantitative estimate of drug-likeness (QED) is 0.845. The molecule has 0 aliphatic carbocycles. The summed E-state index contributed by atoms with van der Waals surface area (Å²) in [4.78, 5) is 4.06. The molecule has 0 fully saturated rings. The molecule has 0 saturated carbocycles. The summed E-state index contributed by atoms with van der Waals surface area (Å²) in [6.45, 7) is 3.64. The van der Waals surface area contributed by atoms with Crippen molar-refractivity contribution in [2.75, 3.05) is 5.32 Å². The van der Waals surface area contributed by atoms with E-state index in [-0.39, 0.29) is 12.1 Å². The zero-order chi connectivity index (χ0) is 12.1. The van der Waals surface area contributed by atoms with E-state index >= 15 is 0 Å². The number of rotatable bonds is 4. The van der Waals surface area contributed by atoms with Crippen LogP contribution < -0.4 is 5.32 Å². The van der Waals surface area contributed by atoms with E-state index in [0.29, 0.717) is 22.8 Å². The van der Waals surface area contributed by atoms with Crippen molar-refractivity contribution in [1.29, 1.82) is 5.26 Å². The maximum absolute atomic E-state index is 9.23. The van der Waals surface area contributed by atoms with Crippen LogP contribution in [-0.2, 0) is 0 Å². The smallest absolute Gasteiger partial charge is 0.146 e. The Morgan fingerprint density at radius 3 is 2.88 bits per heavy atom. The van der Waals surface area contributed by atoms with Gasteiger partial charge >= 0.3 is 0 Å². The number of aliphatic hydroxyl groups excluding tert-OH is 1. The van der Waals surface area contributed by atoms with Crippen LogP contribution in [0.15, 0.2) is 12.3 Å². The van der Waals surface area contributed by atoms with Gasteiger partial charge in [-0.3, -0.25) is 0 Å². The van der Waals surface area contributed by atoms with Crippen molar-refractivity contribution in [2.45, 2.75) is 32.4 Å². The third kappa shape index (κ3) is 3.37. The summed E-state index contributed by atoms with van der Waals surface area (Å²) in [5.74, 6) is 0.480. The molecule has 0 spiro atoms. The van der Waals surface area contributed by atoms with Crippen molar-refractivity contribution >= 4 is 17.4 Å². The Kier molecular flexibility index (Phi) is 4.53. The molecule has 1 aromatic heterocycles. The highest BCUT2D eigenvalue weighted by molar-refractivity contribution is 6.34. The van der Waals surface area contributed by atoms with Gasteiger partial charge in [-0.05, 0) is 26.3 Å². The maximum atomic E-state index is 9.23. The van der Waals surface area contributed by atoms with Crippen LogP contribution in [0.4, 0.5) is 5.82 Å². The Morgan fingerprint density at radius 2 is 2.31 bits per heavy atom. The fourth-order valence-corrected chi connectivity index (χ4v) is 1.64. The van der Waals surface area contributed by atoms with Crippen molar-refractivity contribution in [3.05, 3.63) is 22.8 Å². The lowest BCUT2D eigenvalue weighted by molar-refractivity contribution is 0.179. The zero-order valence-electron chi connectivity index (χ0n) is 9.24. The molecule has 0 amide bonds. The number of nitrogens with one attached hydrogen (secondary N) is 1. The first kappa shape index (κ1) is 12.8. The molecule has 0 aliphatic rings. The van der Waals surface area contributed by atoms with E-state index in [1.807, 2.05) is 13.0 Å². The molecule has 5 heteroatoms. The van der Waals surface area contributed by atoms with E-state index in [2.05, 4.69) is 10.3 Å². The molecule has 0 bridgehead atoms. The van der Waals surface area contributed by atoms with Gasteiger partial charge in [0, 0.05) is 12.2 Å². The van der Waals surface area contributed by atoms with Gasteiger partial charge in [-0.15, -0.1) is 0 Å². The lowest BCUT2D eigenvalue weighted by Crippen LogP contribution is -2.21. The van der Waals surface area contributed by atoms with Crippen LogP contribution in [0, 0.1) is 11.3 Å². The molecule has 16 heavy (non-hydrogen) atoms. The first-order valence-corrected chi connectivity index (χ1v) is 5.41. The Bertz CT molecular complexity index is 401. The second-order valence-corrected chi connectivity index (χ2v) is 4.14. The molecular weight excluding hydrogens is 226 g/mol. The standard InChI is InChI=1S/C11H14ClN3O/c1-7(5-8(2)16)15-11-10(12)9(6-13)3-4-14-11/h3-4,7-8,16H,5H2,1-2H3,(H,14,15). The van der Waals surface area contributed by atoms with Crippen molar-refractivity contribution < 1.29 is 5.11 Å². The monoisotopic (exact) mass is 239 g/mol. The topological polar surface area (TPSA) is 68.9 Å². The third-order valence-corrected chi connectivity index (χ3v) is 2.47. The number of anilines is 1. The molecule has 1 aromatic rings. The van der Waals surface area contributed by atoms with Gasteiger partial charge in [0.1, 0.15) is 16.9 Å². The third-order valence-electron chi connectivity index (χ3n) is 2.09. The van der Waals surface area contributed by atoms with Crippen LogP contribution in [0.25, 0.3) is 0 Å². The van der Waals surface area contributed by atoms with Gasteiger partial charge in [0.05, 0.1) is 11.7 Å². The maximum Gasteiger partial charge on any atom is 0.146 e. The van der Waals surface area contributed by atoms with Crippen LogP contribution in [-0.4, -0.2) is 22.2 Å². The van der Waals surface area contributed by atoms with E-state index in [4.69, 9.17) is 16.9 Å². The van der Waals surface area contributed by atoms with E-state index in [0.717, 1.165) is 0 Å². The normalized spacial score (nSPS) is 13.9. The summed E-state index contributed by atoms with van der Waals surface area (Å²) in [7, 11) is 0. The second-order valence-electron chi connectivity index (χ2n) is 3.76. The van der Waals surface area contributed by atoms with E-state index in [1.165, 1.54) is 6.20 Å². The molecule has 0 saturated heterocycles. The molecule has 0 radical (unpaired) electrons. The predicted molar refractivity (Wildman–Crippen MR) is 63.3 cm³/mol. The van der Waals surface area contributed by atoms with E-state index in [9.17, 15) is 5.11 Å². The van der Waals surface area contributed by atoms with Crippen LogP contribution in [0.5, 0.6) is 0 Å². The fourth-order valence-electron chi connectivity index (χ4n) is 1.43. The minimum Gasteiger partial charge on any atom is -0.393 e. The van der Waals surface area contributed by atoms with Gasteiger partial charge in [0.25, 0.3) is 0 Å². The number of aliphatic hydroxyl groups is 1. The summed E-state index contributed by atoms with van der Waals surface area (Å²) < 4.78 is 0. The largest absolute Gasteiger partial charge is 0.393 e. The Morgan fingerprint density at radius 1 is 1.62 bits per heavy atom. The van der Waals surface area contributed by atoms with Crippen LogP contribution in [0.1, 0.15) is 25.8 Å². The van der Waals surface area contributed by atoms with Crippen molar-refractivity contribution in [2.24, 2.45) is 0 Å². The molecule has 2 N–H and O–H groups in total. The summed E-state index contributed by atoms with van der Waals surface area (Å²) in [5, 5.41) is 21.4. The highest BCUT2D eigenvalue weighted by Gasteiger charge is 2.11. The molecule has 0 aromatic carbocycles. The minimum atomic E-state index is -0.388. The molecule has 4 nitrogen and oxygen atoms in total. The van der Waals surface area contributed by atoms with Gasteiger partial charge in [-0.25, -0.2) is 4.98 Å². The fraction of sp³-hybridized carbons (Fsp3) is 0.455. The highest BCUT2D eigenvalue weighted by atomic mass is 35.5. The molecule has 2 unspecified atom stereocenters. The van der Waals surface area contributed by atoms with E-state index in [1.54, 1.807) is 13.0 Å². The first-order chi connectivity index (χ1) is 7.54. The second kappa shape index (κ2) is 5.69. The van der Waals surface area contributed by atoms with E-state index < -0.39 is 0 Å². The Labute approximate surface area is 99.9 Å². The van der Waals surface area contributed by atoms with Gasteiger partial charge in [-0.2, -0.15) is 5.26 Å². The number of nitrogens with zero attached hydrogens (tertiary/aromatic N) is 2. The minimum absolute atomic E-state index is 0.0407. The van der Waals surface area contributed by atoms with Crippen LogP contribution in [0.3, 0.4) is 0 Å². The molecule has 1 heterocycles. The van der Waals surface area contributed by atoms with Gasteiger partial charge in [-0.1, -0.05) is 11.6 Å². The predicted octanol–water partition coefficient (Wildman–Crippen LogP) is 2.18. The molecule has 1 rings (SSSR count). The average Bonchev–Trinajstić information content (AvgIpc) is 2.20. The molecule has 0 aliphatic heterocycles. The summed E-state index contributed by atoms with van der Waals surface area (Å²) >= 11 is 5.98. The number of hydrogen-bond donors (Lipinski definition) is 2. The SMILES string of the molecule is CC(O)CC(C)Nc1nccc(C#N)c1Cl. The van der Waals surface area contributed by atoms with Crippen molar-refractivity contribution in [1.82, 2.24) is 4.98 Å². The number of nitriles is 1. The first-order valence-electron chi connectivity index (χ1n) is 5.03. The number of hydrogen-bond acceptors (Lipinski definition) is 4. The number of aromatic nitrogens is 1. The van der Waals surface area contributed by atoms with Crippen LogP contribution in [0.2, 0.25) is 5.02 Å². The molecule has 86 valence electrons. The number of pyridine rings is 1. The molecular formula is C11H14ClN3O. The van der Waals surface area contributed by atoms with Gasteiger partial charge in [0.2, 0.25) is 0 Å². The van der Waals surface area contributed by atoms with Gasteiger partial charge < -0.3 is 10.4 Å². The zero-order valence-corrected chi connectivity index (χ0v) is 9.99. The summed E-state index contributed by atoms with van der Waals surface area (Å²) in [6, 6.07) is 3.59. The summed E-state index contributed by atoms with van der Waals surface area (Å²) in [5.41, 5.74) is 0.392. The number of halogens is 1. The highest BCUT2D eigenvalue weighted by Crippen LogP contribution is 2.23. The lowest BCUT2D eigenvalue weighted by Gasteiger charge is -2.16. The van der Waals surface area contributed by atoms with Gasteiger partial charge in [0.15, 0.2) is 0 Å². The lowest BCUT2D eigenvalue weighted by atomic mass is 10.1. The average molecular weight is 240 g/mol. The Hall–Kier alpha value is -1.31. The van der Waals surface area contributed by atoms with Crippen LogP contribution >= 0.6 is 11.6 Å². The van der Waals surface area contributed by atoms with Crippen molar-refractivity contribution in [3.63, 3.8) is 0 Å². The summed E-state index contributed by atoms with van der Waals surface area (Å²) in [6.07, 6.45) is 1.73.